The van der Waals surface area contributed by atoms with Crippen molar-refractivity contribution in [3.63, 3.8) is 0 Å². The summed E-state index contributed by atoms with van der Waals surface area (Å²) in [5, 5.41) is 0. The third-order valence-corrected chi connectivity index (χ3v) is 2.44. The van der Waals surface area contributed by atoms with Crippen molar-refractivity contribution in [1.82, 2.24) is 9.97 Å². The molecule has 3 N–H and O–H groups in total. The average Bonchev–Trinajstić information content (AvgIpc) is 2.49. The second kappa shape index (κ2) is 3.73. The van der Waals surface area contributed by atoms with E-state index in [1.807, 2.05) is 6.20 Å². The Morgan fingerprint density at radius 2 is 1.93 bits per heavy atom. The number of hydrogen-bond donors (Lipinski definition) is 2. The van der Waals surface area contributed by atoms with Crippen LogP contribution in [-0.4, -0.2) is 9.97 Å². The molecule has 0 spiro atoms. The van der Waals surface area contributed by atoms with Crippen molar-refractivity contribution in [2.24, 2.45) is 11.7 Å². The molecule has 0 radical (unpaired) electrons. The lowest BCUT2D eigenvalue weighted by Gasteiger charge is -2.16. The van der Waals surface area contributed by atoms with Crippen LogP contribution in [0.2, 0.25) is 0 Å². The molecule has 0 aliphatic heterocycles. The molecule has 0 aromatic carbocycles. The van der Waals surface area contributed by atoms with Crippen LogP contribution in [0.25, 0.3) is 0 Å². The Morgan fingerprint density at radius 3 is 2.29 bits per heavy atom. The Bertz CT molecular complexity index is 294. The molecule has 0 amide bonds. The fourth-order valence-electron chi connectivity index (χ4n) is 1.20. The van der Waals surface area contributed by atoms with Gasteiger partial charge in [0.1, 0.15) is 5.82 Å². The van der Waals surface area contributed by atoms with E-state index in [9.17, 15) is 0 Å². The lowest BCUT2D eigenvalue weighted by Crippen LogP contribution is -2.19. The highest BCUT2D eigenvalue weighted by Gasteiger charge is 2.19. The first kappa shape index (κ1) is 11.2. The summed E-state index contributed by atoms with van der Waals surface area (Å²) in [6.45, 7) is 10.7. The van der Waals surface area contributed by atoms with Gasteiger partial charge >= 0.3 is 0 Å². The quantitative estimate of drug-likeness (QED) is 0.761. The zero-order chi connectivity index (χ0) is 10.9. The average molecular weight is 195 g/mol. The highest BCUT2D eigenvalue weighted by Crippen LogP contribution is 2.22. The van der Waals surface area contributed by atoms with Crippen molar-refractivity contribution >= 4 is 0 Å². The van der Waals surface area contributed by atoms with E-state index in [-0.39, 0.29) is 11.5 Å². The van der Waals surface area contributed by atoms with E-state index in [0.717, 1.165) is 11.5 Å². The number of rotatable bonds is 2. The molecule has 3 nitrogen and oxygen atoms in total. The minimum Gasteiger partial charge on any atom is -0.344 e. The fraction of sp³-hybridized carbons (Fsp3) is 0.727. The summed E-state index contributed by atoms with van der Waals surface area (Å²) in [6.07, 6.45) is 1.89. The molecule has 1 heterocycles. The van der Waals surface area contributed by atoms with E-state index in [0.29, 0.717) is 5.92 Å². The molecule has 0 saturated heterocycles. The standard InChI is InChI=1S/C11H21N3/c1-7(2)9(12)10-13-6-8(14-10)11(3,4)5/h6-7,9H,12H2,1-5H3,(H,13,14). The largest absolute Gasteiger partial charge is 0.344 e. The lowest BCUT2D eigenvalue weighted by molar-refractivity contribution is 0.489. The maximum absolute atomic E-state index is 6.00. The zero-order valence-electron chi connectivity index (χ0n) is 9.76. The van der Waals surface area contributed by atoms with Gasteiger partial charge in [-0.3, -0.25) is 0 Å². The lowest BCUT2D eigenvalue weighted by atomic mass is 9.93. The number of nitrogens with one attached hydrogen (secondary N) is 1. The predicted molar refractivity (Wildman–Crippen MR) is 59.1 cm³/mol. The molecule has 0 fully saturated rings. The molecule has 0 aliphatic carbocycles. The molecule has 1 unspecified atom stereocenters. The van der Waals surface area contributed by atoms with Crippen LogP contribution in [0, 0.1) is 5.92 Å². The first-order valence-corrected chi connectivity index (χ1v) is 5.13. The maximum Gasteiger partial charge on any atom is 0.123 e. The molecular formula is C11H21N3. The van der Waals surface area contributed by atoms with Gasteiger partial charge in [-0.05, 0) is 5.92 Å². The summed E-state index contributed by atoms with van der Waals surface area (Å²) in [4.78, 5) is 7.62. The summed E-state index contributed by atoms with van der Waals surface area (Å²) in [5.41, 5.74) is 7.26. The second-order valence-electron chi connectivity index (χ2n) is 5.20. The van der Waals surface area contributed by atoms with Gasteiger partial charge in [0.25, 0.3) is 0 Å². The van der Waals surface area contributed by atoms with Crippen LogP contribution in [0.3, 0.4) is 0 Å². The first-order valence-electron chi connectivity index (χ1n) is 5.13. The molecule has 0 saturated carbocycles. The van der Waals surface area contributed by atoms with Crippen LogP contribution >= 0.6 is 0 Å². The second-order valence-corrected chi connectivity index (χ2v) is 5.20. The Labute approximate surface area is 86.1 Å². The van der Waals surface area contributed by atoms with Crippen LogP contribution in [0.1, 0.15) is 52.2 Å². The van der Waals surface area contributed by atoms with Gasteiger partial charge in [0, 0.05) is 17.3 Å². The number of H-pyrrole nitrogens is 1. The van der Waals surface area contributed by atoms with Gasteiger partial charge in [-0.25, -0.2) is 4.98 Å². The van der Waals surface area contributed by atoms with E-state index in [1.165, 1.54) is 0 Å². The zero-order valence-corrected chi connectivity index (χ0v) is 9.76. The normalized spacial score (nSPS) is 14.8. The van der Waals surface area contributed by atoms with Gasteiger partial charge < -0.3 is 10.7 Å². The number of nitrogens with zero attached hydrogens (tertiary/aromatic N) is 1. The first-order chi connectivity index (χ1) is 6.32. The van der Waals surface area contributed by atoms with Crippen molar-refractivity contribution in [2.75, 3.05) is 0 Å². The smallest absolute Gasteiger partial charge is 0.123 e. The molecule has 1 atom stereocenters. The Morgan fingerprint density at radius 1 is 1.36 bits per heavy atom. The third-order valence-electron chi connectivity index (χ3n) is 2.44. The van der Waals surface area contributed by atoms with E-state index in [1.54, 1.807) is 0 Å². The van der Waals surface area contributed by atoms with Crippen LogP contribution in [-0.2, 0) is 5.41 Å². The van der Waals surface area contributed by atoms with Crippen molar-refractivity contribution < 1.29 is 0 Å². The van der Waals surface area contributed by atoms with Crippen molar-refractivity contribution in [3.8, 4) is 0 Å². The molecule has 80 valence electrons. The van der Waals surface area contributed by atoms with Gasteiger partial charge in [0.2, 0.25) is 0 Å². The predicted octanol–water partition coefficient (Wildman–Crippen LogP) is 2.36. The Kier molecular flexibility index (Phi) is 3.00. The van der Waals surface area contributed by atoms with Crippen molar-refractivity contribution in [1.29, 1.82) is 0 Å². The summed E-state index contributed by atoms with van der Waals surface area (Å²) in [5.74, 6) is 1.30. The molecule has 3 heteroatoms. The van der Waals surface area contributed by atoms with Gasteiger partial charge in [0.15, 0.2) is 0 Å². The van der Waals surface area contributed by atoms with Crippen LogP contribution in [0.15, 0.2) is 6.20 Å². The number of aromatic nitrogens is 2. The van der Waals surface area contributed by atoms with Gasteiger partial charge in [0.05, 0.1) is 6.04 Å². The van der Waals surface area contributed by atoms with E-state index < -0.39 is 0 Å². The fourth-order valence-corrected chi connectivity index (χ4v) is 1.20. The Hall–Kier alpha value is -0.830. The summed E-state index contributed by atoms with van der Waals surface area (Å²) in [6, 6.07) is 0.00565. The van der Waals surface area contributed by atoms with Crippen LogP contribution in [0.5, 0.6) is 0 Å². The van der Waals surface area contributed by atoms with Crippen LogP contribution in [0.4, 0.5) is 0 Å². The molecule has 1 rings (SSSR count). The molecule has 0 bridgehead atoms. The SMILES string of the molecule is CC(C)C(N)c1ncc(C(C)(C)C)[nH]1. The molecule has 14 heavy (non-hydrogen) atoms. The number of nitrogens with two attached hydrogens (primary N) is 1. The highest BCUT2D eigenvalue weighted by atomic mass is 15.0. The number of aromatic amines is 1. The number of imidazole rings is 1. The topological polar surface area (TPSA) is 54.7 Å². The highest BCUT2D eigenvalue weighted by molar-refractivity contribution is 5.13. The molecule has 1 aromatic rings. The minimum atomic E-state index is 0.00565. The van der Waals surface area contributed by atoms with E-state index in [4.69, 9.17) is 5.73 Å². The van der Waals surface area contributed by atoms with E-state index in [2.05, 4.69) is 44.6 Å². The third kappa shape index (κ3) is 2.35. The minimum absolute atomic E-state index is 0.00565. The van der Waals surface area contributed by atoms with Crippen molar-refractivity contribution in [3.05, 3.63) is 17.7 Å². The number of hydrogen-bond acceptors (Lipinski definition) is 2. The molecule has 0 aliphatic rings. The van der Waals surface area contributed by atoms with Gasteiger partial charge in [-0.1, -0.05) is 34.6 Å². The van der Waals surface area contributed by atoms with Crippen molar-refractivity contribution in [2.45, 2.75) is 46.1 Å². The summed E-state index contributed by atoms with van der Waals surface area (Å²) < 4.78 is 0. The maximum atomic E-state index is 6.00. The van der Waals surface area contributed by atoms with Crippen LogP contribution < -0.4 is 5.73 Å². The van der Waals surface area contributed by atoms with Gasteiger partial charge in [-0.15, -0.1) is 0 Å². The Balaban J connectivity index is 2.89. The van der Waals surface area contributed by atoms with E-state index >= 15 is 0 Å². The molecule has 1 aromatic heterocycles. The van der Waals surface area contributed by atoms with Gasteiger partial charge in [-0.2, -0.15) is 0 Å². The monoisotopic (exact) mass is 195 g/mol. The summed E-state index contributed by atoms with van der Waals surface area (Å²) in [7, 11) is 0. The molecular weight excluding hydrogens is 174 g/mol. The summed E-state index contributed by atoms with van der Waals surface area (Å²) >= 11 is 0.